The van der Waals surface area contributed by atoms with Crippen LogP contribution in [0, 0.1) is 17.4 Å². The second kappa shape index (κ2) is 9.23. The Morgan fingerprint density at radius 1 is 1.19 bits per heavy atom. The maximum atomic E-state index is 12.1. The van der Waals surface area contributed by atoms with Crippen molar-refractivity contribution in [1.82, 2.24) is 10.2 Å². The van der Waals surface area contributed by atoms with Gasteiger partial charge in [-0.1, -0.05) is 30.0 Å². The Morgan fingerprint density at radius 3 is 2.78 bits per heavy atom. The van der Waals surface area contributed by atoms with Crippen molar-refractivity contribution < 1.29 is 13.9 Å². The predicted molar refractivity (Wildman–Crippen MR) is 113 cm³/mol. The quantitative estimate of drug-likeness (QED) is 0.382. The lowest BCUT2D eigenvalue weighted by Gasteiger charge is -2.06. The zero-order valence-corrected chi connectivity index (χ0v) is 17.8. The fourth-order valence-electron chi connectivity index (χ4n) is 2.18. The smallest absolute Gasteiger partial charge is 0.277 e. The number of anilines is 1. The van der Waals surface area contributed by atoms with Crippen molar-refractivity contribution in [3.63, 3.8) is 0 Å². The molecular weight excluding hydrogens is 477 g/mol. The number of benzene rings is 2. The van der Waals surface area contributed by atoms with E-state index in [9.17, 15) is 4.79 Å². The lowest BCUT2D eigenvalue weighted by molar-refractivity contribution is -0.113. The summed E-state index contributed by atoms with van der Waals surface area (Å²) in [5.41, 5.74) is 3.16. The van der Waals surface area contributed by atoms with Crippen LogP contribution in [0.2, 0.25) is 0 Å². The number of carbonyl (C=O) groups is 1. The third-order valence-corrected chi connectivity index (χ3v) is 5.52. The van der Waals surface area contributed by atoms with Crippen molar-refractivity contribution in [2.24, 2.45) is 0 Å². The molecule has 1 aromatic heterocycles. The number of carbonyl (C=O) groups excluding carboxylic acids is 1. The summed E-state index contributed by atoms with van der Waals surface area (Å²) in [5, 5.41) is 11.1. The minimum Gasteiger partial charge on any atom is -0.484 e. The van der Waals surface area contributed by atoms with Gasteiger partial charge in [0.25, 0.3) is 11.1 Å². The van der Waals surface area contributed by atoms with Crippen molar-refractivity contribution in [3.8, 4) is 5.75 Å². The van der Waals surface area contributed by atoms with Crippen LogP contribution in [0.15, 0.2) is 52.1 Å². The molecular formula is C19H18IN3O3S. The highest BCUT2D eigenvalue weighted by atomic mass is 127. The zero-order valence-electron chi connectivity index (χ0n) is 14.9. The number of nitrogens with zero attached hydrogens (tertiary/aromatic N) is 2. The van der Waals surface area contributed by atoms with Gasteiger partial charge >= 0.3 is 0 Å². The molecule has 0 aliphatic heterocycles. The van der Waals surface area contributed by atoms with Crippen molar-refractivity contribution in [1.29, 1.82) is 0 Å². The van der Waals surface area contributed by atoms with Crippen molar-refractivity contribution in [2.45, 2.75) is 25.7 Å². The highest BCUT2D eigenvalue weighted by Crippen LogP contribution is 2.21. The van der Waals surface area contributed by atoms with E-state index < -0.39 is 0 Å². The molecule has 8 heteroatoms. The molecule has 140 valence electrons. The summed E-state index contributed by atoms with van der Waals surface area (Å²) in [5.74, 6) is 1.18. The van der Waals surface area contributed by atoms with Gasteiger partial charge in [0, 0.05) is 3.57 Å². The van der Waals surface area contributed by atoms with E-state index in [2.05, 4.69) is 45.0 Å². The summed E-state index contributed by atoms with van der Waals surface area (Å²) < 4.78 is 12.2. The Bertz CT molecular complexity index is 945. The van der Waals surface area contributed by atoms with E-state index in [1.807, 2.05) is 49.4 Å². The van der Waals surface area contributed by atoms with Gasteiger partial charge in [-0.2, -0.15) is 0 Å². The van der Waals surface area contributed by atoms with Gasteiger partial charge in [0.1, 0.15) is 5.75 Å². The molecule has 0 radical (unpaired) electrons. The van der Waals surface area contributed by atoms with E-state index in [1.165, 1.54) is 17.3 Å². The number of rotatable bonds is 7. The Labute approximate surface area is 175 Å². The predicted octanol–water partition coefficient (Wildman–Crippen LogP) is 4.60. The third-order valence-electron chi connectivity index (χ3n) is 3.76. The largest absolute Gasteiger partial charge is 0.484 e. The Hall–Kier alpha value is -2.07. The van der Waals surface area contributed by atoms with Crippen molar-refractivity contribution in [3.05, 3.63) is 63.1 Å². The first-order chi connectivity index (χ1) is 13.0. The normalized spacial score (nSPS) is 10.6. The molecule has 0 aliphatic carbocycles. The van der Waals surface area contributed by atoms with Gasteiger partial charge in [-0.3, -0.25) is 4.79 Å². The molecule has 0 atom stereocenters. The number of amides is 1. The average molecular weight is 495 g/mol. The molecule has 1 heterocycles. The molecule has 0 saturated carbocycles. The SMILES string of the molecule is Cc1ccc(OCc2nnc(SCC(=O)Nc3ccccc3I)o2)cc1C. The van der Waals surface area contributed by atoms with E-state index in [1.54, 1.807) is 0 Å². The van der Waals surface area contributed by atoms with Crippen LogP contribution in [-0.4, -0.2) is 21.9 Å². The monoisotopic (exact) mass is 495 g/mol. The lowest BCUT2D eigenvalue weighted by atomic mass is 10.1. The number of aryl methyl sites for hydroxylation is 2. The van der Waals surface area contributed by atoms with Gasteiger partial charge in [0.15, 0.2) is 6.61 Å². The molecule has 6 nitrogen and oxygen atoms in total. The number of thioether (sulfide) groups is 1. The summed E-state index contributed by atoms with van der Waals surface area (Å²) in [6.45, 7) is 4.27. The van der Waals surface area contributed by atoms with Crippen molar-refractivity contribution >= 4 is 45.9 Å². The fourth-order valence-corrected chi connectivity index (χ4v) is 3.28. The standard InChI is InChI=1S/C19H18IN3O3S/c1-12-7-8-14(9-13(12)2)25-10-18-22-23-19(26-18)27-11-17(24)21-16-6-4-3-5-15(16)20/h3-9H,10-11H2,1-2H3,(H,21,24). The number of hydrogen-bond acceptors (Lipinski definition) is 6. The summed E-state index contributed by atoms with van der Waals surface area (Å²) in [6, 6.07) is 13.5. The van der Waals surface area contributed by atoms with E-state index in [4.69, 9.17) is 9.15 Å². The van der Waals surface area contributed by atoms with E-state index in [0.717, 1.165) is 20.6 Å². The molecule has 1 amide bonds. The van der Waals surface area contributed by atoms with Crippen LogP contribution in [0.25, 0.3) is 0 Å². The maximum absolute atomic E-state index is 12.1. The number of hydrogen-bond donors (Lipinski definition) is 1. The topological polar surface area (TPSA) is 77.2 Å². The molecule has 0 aliphatic rings. The van der Waals surface area contributed by atoms with Crippen molar-refractivity contribution in [2.75, 3.05) is 11.1 Å². The second-order valence-electron chi connectivity index (χ2n) is 5.81. The first-order valence-corrected chi connectivity index (χ1v) is 10.3. The summed E-state index contributed by atoms with van der Waals surface area (Å²) in [7, 11) is 0. The van der Waals surface area contributed by atoms with E-state index in [0.29, 0.717) is 11.1 Å². The lowest BCUT2D eigenvalue weighted by Crippen LogP contribution is -2.14. The molecule has 3 rings (SSSR count). The third kappa shape index (κ3) is 5.70. The van der Waals surface area contributed by atoms with E-state index >= 15 is 0 Å². The summed E-state index contributed by atoms with van der Waals surface area (Å²) in [4.78, 5) is 12.1. The maximum Gasteiger partial charge on any atom is 0.277 e. The molecule has 0 unspecified atom stereocenters. The number of aromatic nitrogens is 2. The van der Waals surface area contributed by atoms with Gasteiger partial charge in [-0.05, 0) is 71.8 Å². The molecule has 3 aromatic rings. The minimum absolute atomic E-state index is 0.129. The number of ether oxygens (including phenoxy) is 1. The van der Waals surface area contributed by atoms with Gasteiger partial charge < -0.3 is 14.5 Å². The van der Waals surface area contributed by atoms with Crippen LogP contribution in [0.4, 0.5) is 5.69 Å². The molecule has 0 bridgehead atoms. The van der Waals surface area contributed by atoms with Crippen LogP contribution in [-0.2, 0) is 11.4 Å². The summed E-state index contributed by atoms with van der Waals surface area (Å²) >= 11 is 3.37. The van der Waals surface area contributed by atoms with Crippen LogP contribution >= 0.6 is 34.4 Å². The van der Waals surface area contributed by atoms with Gasteiger partial charge in [-0.25, -0.2) is 0 Å². The zero-order chi connectivity index (χ0) is 19.2. The Balaban J connectivity index is 1.48. The van der Waals surface area contributed by atoms with Gasteiger partial charge in [-0.15, -0.1) is 10.2 Å². The second-order valence-corrected chi connectivity index (χ2v) is 7.90. The highest BCUT2D eigenvalue weighted by molar-refractivity contribution is 14.1. The first-order valence-electron chi connectivity index (χ1n) is 8.21. The average Bonchev–Trinajstić information content (AvgIpc) is 3.11. The molecule has 2 aromatic carbocycles. The fraction of sp³-hybridized carbons (Fsp3) is 0.211. The Kier molecular flexibility index (Phi) is 6.73. The summed E-state index contributed by atoms with van der Waals surface area (Å²) in [6.07, 6.45) is 0. The Morgan fingerprint density at radius 2 is 2.00 bits per heavy atom. The molecule has 0 saturated heterocycles. The number of nitrogens with one attached hydrogen (secondary N) is 1. The van der Waals surface area contributed by atoms with Gasteiger partial charge in [0.05, 0.1) is 11.4 Å². The van der Waals surface area contributed by atoms with Crippen LogP contribution in [0.3, 0.4) is 0 Å². The molecule has 1 N–H and O–H groups in total. The number of halogens is 1. The molecule has 27 heavy (non-hydrogen) atoms. The first kappa shape index (κ1) is 19.7. The highest BCUT2D eigenvalue weighted by Gasteiger charge is 2.11. The van der Waals surface area contributed by atoms with E-state index in [-0.39, 0.29) is 18.3 Å². The van der Waals surface area contributed by atoms with Crippen LogP contribution < -0.4 is 10.1 Å². The van der Waals surface area contributed by atoms with Crippen LogP contribution in [0.5, 0.6) is 5.75 Å². The number of para-hydroxylation sites is 1. The molecule has 0 spiro atoms. The van der Waals surface area contributed by atoms with Gasteiger partial charge in [0.2, 0.25) is 5.91 Å². The van der Waals surface area contributed by atoms with Crippen LogP contribution in [0.1, 0.15) is 17.0 Å². The molecule has 0 fully saturated rings. The minimum atomic E-state index is -0.129.